The van der Waals surface area contributed by atoms with E-state index in [9.17, 15) is 0 Å². The average molecular weight is 171 g/mol. The lowest BCUT2D eigenvalue weighted by Crippen LogP contribution is -1.81. The molecule has 66 valence electrons. The van der Waals surface area contributed by atoms with Crippen molar-refractivity contribution >= 4 is 11.3 Å². The smallest absolute Gasteiger partial charge is 0.194 e. The molecule has 0 unspecified atom stereocenters. The van der Waals surface area contributed by atoms with Gasteiger partial charge in [-0.2, -0.15) is 0 Å². The van der Waals surface area contributed by atoms with E-state index < -0.39 is 0 Å². The van der Waals surface area contributed by atoms with Crippen molar-refractivity contribution in [3.63, 3.8) is 0 Å². The van der Waals surface area contributed by atoms with Crippen LogP contribution < -0.4 is 0 Å². The van der Waals surface area contributed by atoms with Gasteiger partial charge in [0.1, 0.15) is 0 Å². The zero-order valence-electron chi connectivity index (χ0n) is 8.26. The molecule has 0 bridgehead atoms. The molecule has 1 heteroatoms. The Hall–Kier alpha value is -1.55. The van der Waals surface area contributed by atoms with Crippen LogP contribution >= 0.6 is 0 Å². The van der Waals surface area contributed by atoms with Gasteiger partial charge in [0.25, 0.3) is 0 Å². The van der Waals surface area contributed by atoms with Gasteiger partial charge in [0.05, 0.1) is 6.57 Å². The van der Waals surface area contributed by atoms with Crippen LogP contribution in [0.4, 0.5) is 5.69 Å². The van der Waals surface area contributed by atoms with E-state index in [1.807, 2.05) is 39.0 Å². The van der Waals surface area contributed by atoms with E-state index in [-0.39, 0.29) is 0 Å². The SMILES string of the molecule is [C-]#[N+]c1ccc(C)cc1/C(C)=C/C. The van der Waals surface area contributed by atoms with Crippen LogP contribution in [0.3, 0.4) is 0 Å². The van der Waals surface area contributed by atoms with Crippen molar-refractivity contribution < 1.29 is 0 Å². The summed E-state index contributed by atoms with van der Waals surface area (Å²) >= 11 is 0. The fourth-order valence-corrected chi connectivity index (χ4v) is 1.22. The molecule has 0 saturated heterocycles. The van der Waals surface area contributed by atoms with E-state index >= 15 is 0 Å². The Balaban J connectivity index is 3.34. The predicted octanol–water partition coefficient (Wildman–Crippen LogP) is 3.97. The average Bonchev–Trinajstić information content (AvgIpc) is 2.16. The molecule has 0 N–H and O–H groups in total. The Morgan fingerprint density at radius 1 is 1.46 bits per heavy atom. The van der Waals surface area contributed by atoms with E-state index in [0.29, 0.717) is 0 Å². The Morgan fingerprint density at radius 3 is 2.69 bits per heavy atom. The Labute approximate surface area is 79.5 Å². The van der Waals surface area contributed by atoms with Crippen LogP contribution in [0, 0.1) is 13.5 Å². The summed E-state index contributed by atoms with van der Waals surface area (Å²) in [6.45, 7) is 13.1. The minimum absolute atomic E-state index is 0.737. The summed E-state index contributed by atoms with van der Waals surface area (Å²) in [5, 5.41) is 0. The molecule has 0 aromatic heterocycles. The number of hydrogen-bond acceptors (Lipinski definition) is 0. The van der Waals surface area contributed by atoms with E-state index in [0.717, 1.165) is 16.8 Å². The van der Waals surface area contributed by atoms with E-state index in [4.69, 9.17) is 6.57 Å². The lowest BCUT2D eigenvalue weighted by atomic mass is 10.0. The number of aryl methyl sites for hydroxylation is 1. The second-order valence-corrected chi connectivity index (χ2v) is 3.10. The highest BCUT2D eigenvalue weighted by Gasteiger charge is 2.02. The van der Waals surface area contributed by atoms with Crippen molar-refractivity contribution in [3.8, 4) is 0 Å². The molecule has 1 rings (SSSR count). The first-order chi connectivity index (χ1) is 6.19. The van der Waals surface area contributed by atoms with Crippen LogP contribution in [0.15, 0.2) is 24.3 Å². The maximum absolute atomic E-state index is 7.02. The van der Waals surface area contributed by atoms with Crippen LogP contribution in [-0.2, 0) is 0 Å². The monoisotopic (exact) mass is 171 g/mol. The molecule has 0 heterocycles. The van der Waals surface area contributed by atoms with Gasteiger partial charge in [-0.1, -0.05) is 35.4 Å². The quantitative estimate of drug-likeness (QED) is 0.563. The van der Waals surface area contributed by atoms with Crippen molar-refractivity contribution in [1.82, 2.24) is 0 Å². The van der Waals surface area contributed by atoms with Gasteiger partial charge in [0, 0.05) is 0 Å². The number of allylic oxidation sites excluding steroid dienone is 2. The van der Waals surface area contributed by atoms with Crippen LogP contribution in [0.1, 0.15) is 25.0 Å². The summed E-state index contributed by atoms with van der Waals surface area (Å²) in [4.78, 5) is 3.49. The number of benzene rings is 1. The first-order valence-corrected chi connectivity index (χ1v) is 4.30. The Morgan fingerprint density at radius 2 is 2.15 bits per heavy atom. The highest BCUT2D eigenvalue weighted by atomic mass is 14.6. The van der Waals surface area contributed by atoms with Crippen molar-refractivity contribution in [3.05, 3.63) is 46.8 Å². The van der Waals surface area contributed by atoms with Crippen molar-refractivity contribution in [2.45, 2.75) is 20.8 Å². The highest BCUT2D eigenvalue weighted by Crippen LogP contribution is 2.27. The minimum atomic E-state index is 0.737. The maximum atomic E-state index is 7.02. The molecule has 0 fully saturated rings. The normalized spacial score (nSPS) is 11.1. The van der Waals surface area contributed by atoms with Gasteiger partial charge < -0.3 is 0 Å². The highest BCUT2D eigenvalue weighted by molar-refractivity contribution is 5.76. The fourth-order valence-electron chi connectivity index (χ4n) is 1.22. The summed E-state index contributed by atoms with van der Waals surface area (Å²) in [6.07, 6.45) is 2.03. The third-order valence-corrected chi connectivity index (χ3v) is 2.13. The summed E-state index contributed by atoms with van der Waals surface area (Å²) in [5.41, 5.74) is 4.15. The lowest BCUT2D eigenvalue weighted by molar-refractivity contribution is 1.44. The van der Waals surface area contributed by atoms with Crippen molar-refractivity contribution in [2.75, 3.05) is 0 Å². The van der Waals surface area contributed by atoms with E-state index in [1.54, 1.807) is 0 Å². The standard InChI is InChI=1S/C12H13N/c1-5-10(3)11-8-9(2)6-7-12(11)13-4/h5-8H,1-3H3/b10-5+. The molecule has 1 aromatic rings. The van der Waals surface area contributed by atoms with Gasteiger partial charge in [0.15, 0.2) is 5.69 Å². The third-order valence-electron chi connectivity index (χ3n) is 2.13. The molecule has 0 spiro atoms. The molecule has 0 amide bonds. The Kier molecular flexibility index (Phi) is 2.87. The Bertz CT molecular complexity index is 381. The third kappa shape index (κ3) is 1.97. The summed E-state index contributed by atoms with van der Waals surface area (Å²) in [7, 11) is 0. The van der Waals surface area contributed by atoms with Crippen molar-refractivity contribution in [2.24, 2.45) is 0 Å². The molecule has 1 nitrogen and oxygen atoms in total. The van der Waals surface area contributed by atoms with Gasteiger partial charge in [-0.25, -0.2) is 4.85 Å². The van der Waals surface area contributed by atoms with Crippen LogP contribution in [0.5, 0.6) is 0 Å². The van der Waals surface area contributed by atoms with Gasteiger partial charge in [0.2, 0.25) is 0 Å². The van der Waals surface area contributed by atoms with Gasteiger partial charge in [-0.05, 0) is 26.3 Å². The molecular formula is C12H13N. The first kappa shape index (κ1) is 9.54. The molecular weight excluding hydrogens is 158 g/mol. The molecule has 0 radical (unpaired) electrons. The lowest BCUT2D eigenvalue weighted by Gasteiger charge is -2.04. The number of rotatable bonds is 1. The molecule has 0 saturated carbocycles. The predicted molar refractivity (Wildman–Crippen MR) is 56.8 cm³/mol. The largest absolute Gasteiger partial charge is 0.238 e. The minimum Gasteiger partial charge on any atom is -0.238 e. The molecule has 13 heavy (non-hydrogen) atoms. The maximum Gasteiger partial charge on any atom is 0.194 e. The van der Waals surface area contributed by atoms with E-state index in [1.165, 1.54) is 5.56 Å². The molecule has 0 aliphatic rings. The van der Waals surface area contributed by atoms with Gasteiger partial charge >= 0.3 is 0 Å². The summed E-state index contributed by atoms with van der Waals surface area (Å²) < 4.78 is 0. The molecule has 0 aliphatic heterocycles. The zero-order valence-corrected chi connectivity index (χ0v) is 8.26. The molecule has 1 aromatic carbocycles. The van der Waals surface area contributed by atoms with E-state index in [2.05, 4.69) is 10.9 Å². The second-order valence-electron chi connectivity index (χ2n) is 3.10. The van der Waals surface area contributed by atoms with Crippen LogP contribution in [-0.4, -0.2) is 0 Å². The zero-order chi connectivity index (χ0) is 9.84. The molecule has 0 atom stereocenters. The second kappa shape index (κ2) is 3.91. The fraction of sp³-hybridized carbons (Fsp3) is 0.250. The number of nitrogens with zero attached hydrogens (tertiary/aromatic N) is 1. The van der Waals surface area contributed by atoms with Gasteiger partial charge in [-0.15, -0.1) is 0 Å². The van der Waals surface area contributed by atoms with Crippen LogP contribution in [0.2, 0.25) is 0 Å². The summed E-state index contributed by atoms with van der Waals surface area (Å²) in [6, 6.07) is 5.91. The molecule has 0 aliphatic carbocycles. The topological polar surface area (TPSA) is 4.36 Å². The van der Waals surface area contributed by atoms with Gasteiger partial charge in [-0.3, -0.25) is 0 Å². The summed E-state index contributed by atoms with van der Waals surface area (Å²) in [5.74, 6) is 0. The van der Waals surface area contributed by atoms with Crippen LogP contribution in [0.25, 0.3) is 10.4 Å². The first-order valence-electron chi connectivity index (χ1n) is 4.30. The number of hydrogen-bond donors (Lipinski definition) is 0. The van der Waals surface area contributed by atoms with Crippen molar-refractivity contribution in [1.29, 1.82) is 0 Å².